The molecule has 0 saturated carbocycles. The van der Waals surface area contributed by atoms with Crippen LogP contribution in [-0.4, -0.2) is 48.7 Å². The van der Waals surface area contributed by atoms with Crippen LogP contribution in [0.25, 0.3) is 0 Å². The highest BCUT2D eigenvalue weighted by molar-refractivity contribution is 5.94. The molecule has 0 radical (unpaired) electrons. The van der Waals surface area contributed by atoms with Crippen molar-refractivity contribution in [3.63, 3.8) is 0 Å². The van der Waals surface area contributed by atoms with Crippen molar-refractivity contribution in [1.29, 1.82) is 0 Å². The molecule has 2 rings (SSSR count). The van der Waals surface area contributed by atoms with E-state index in [1.54, 1.807) is 0 Å². The smallest absolute Gasteiger partial charge is 0.251 e. The number of nitrogens with two attached hydrogens (primary N) is 1. The minimum absolute atomic E-state index is 0. The number of carbonyl (C=O) groups is 1. The standard InChI is InChI=1S/C20H33N3O2.2ClH/c1-14(2)9-19(10-21)22-20(24)18-7-5-17(6-8-18)13-23-11-15(3)25-16(4)12-23;;/h5-8,14-16,19H,9-13,21H2,1-4H3,(H,22,24);2*1H. The lowest BCUT2D eigenvalue weighted by Gasteiger charge is -2.35. The van der Waals surface area contributed by atoms with Crippen LogP contribution in [0.3, 0.4) is 0 Å². The molecular formula is C20H35Cl2N3O2. The summed E-state index contributed by atoms with van der Waals surface area (Å²) >= 11 is 0. The number of carbonyl (C=O) groups excluding carboxylic acids is 1. The summed E-state index contributed by atoms with van der Waals surface area (Å²) in [6, 6.07) is 7.92. The van der Waals surface area contributed by atoms with Gasteiger partial charge in [0.15, 0.2) is 0 Å². The summed E-state index contributed by atoms with van der Waals surface area (Å²) in [6.07, 6.45) is 1.43. The quantitative estimate of drug-likeness (QED) is 0.711. The zero-order valence-electron chi connectivity index (χ0n) is 16.8. The van der Waals surface area contributed by atoms with Crippen LogP contribution in [0, 0.1) is 5.92 Å². The molecule has 3 atom stereocenters. The first kappa shape index (κ1) is 26.1. The maximum atomic E-state index is 12.4. The first-order chi connectivity index (χ1) is 11.9. The zero-order chi connectivity index (χ0) is 18.4. The fraction of sp³-hybridized carbons (Fsp3) is 0.650. The largest absolute Gasteiger partial charge is 0.373 e. The molecule has 7 heteroatoms. The Balaban J connectivity index is 0.00000338. The molecule has 1 fully saturated rings. The van der Waals surface area contributed by atoms with E-state index in [0.717, 1.165) is 26.1 Å². The minimum Gasteiger partial charge on any atom is -0.373 e. The van der Waals surface area contributed by atoms with Crippen molar-refractivity contribution >= 4 is 30.7 Å². The Morgan fingerprint density at radius 3 is 2.22 bits per heavy atom. The van der Waals surface area contributed by atoms with Crippen LogP contribution in [0.15, 0.2) is 24.3 Å². The molecule has 27 heavy (non-hydrogen) atoms. The van der Waals surface area contributed by atoms with Gasteiger partial charge in [-0.25, -0.2) is 0 Å². The monoisotopic (exact) mass is 419 g/mol. The van der Waals surface area contributed by atoms with Gasteiger partial charge >= 0.3 is 0 Å². The molecule has 1 aromatic rings. The summed E-state index contributed by atoms with van der Waals surface area (Å²) in [5, 5.41) is 3.04. The molecule has 3 unspecified atom stereocenters. The van der Waals surface area contributed by atoms with Crippen molar-refractivity contribution in [2.75, 3.05) is 19.6 Å². The second-order valence-corrected chi connectivity index (χ2v) is 7.68. The molecule has 1 heterocycles. The van der Waals surface area contributed by atoms with E-state index in [2.05, 4.69) is 37.9 Å². The first-order valence-electron chi connectivity index (χ1n) is 9.35. The normalized spacial score (nSPS) is 21.1. The number of ether oxygens (including phenoxy) is 1. The molecule has 1 aliphatic rings. The molecule has 0 spiro atoms. The van der Waals surface area contributed by atoms with E-state index in [0.29, 0.717) is 18.0 Å². The molecule has 156 valence electrons. The van der Waals surface area contributed by atoms with Crippen molar-refractivity contribution < 1.29 is 9.53 Å². The fourth-order valence-corrected chi connectivity index (χ4v) is 3.49. The van der Waals surface area contributed by atoms with E-state index in [-0.39, 0.29) is 49.0 Å². The van der Waals surface area contributed by atoms with Crippen molar-refractivity contribution in [2.24, 2.45) is 11.7 Å². The van der Waals surface area contributed by atoms with E-state index in [1.807, 2.05) is 24.3 Å². The summed E-state index contributed by atoms with van der Waals surface area (Å²) < 4.78 is 5.77. The Bertz CT molecular complexity index is 545. The van der Waals surface area contributed by atoms with Crippen molar-refractivity contribution in [1.82, 2.24) is 10.2 Å². The predicted octanol–water partition coefficient (Wildman–Crippen LogP) is 3.24. The highest BCUT2D eigenvalue weighted by Crippen LogP contribution is 2.15. The SMILES string of the molecule is CC(C)CC(CN)NC(=O)c1ccc(CN2CC(C)OC(C)C2)cc1.Cl.Cl. The first-order valence-corrected chi connectivity index (χ1v) is 9.35. The topological polar surface area (TPSA) is 67.6 Å². The zero-order valence-corrected chi connectivity index (χ0v) is 18.4. The van der Waals surface area contributed by atoms with Gasteiger partial charge in [-0.3, -0.25) is 9.69 Å². The number of nitrogens with one attached hydrogen (secondary N) is 1. The lowest BCUT2D eigenvalue weighted by Crippen LogP contribution is -2.44. The van der Waals surface area contributed by atoms with Gasteiger partial charge in [0.05, 0.1) is 12.2 Å². The van der Waals surface area contributed by atoms with Gasteiger partial charge in [0.1, 0.15) is 0 Å². The Labute approximate surface area is 176 Å². The number of nitrogens with zero attached hydrogens (tertiary/aromatic N) is 1. The molecule has 1 aliphatic heterocycles. The molecule has 1 aromatic carbocycles. The van der Waals surface area contributed by atoms with Gasteiger partial charge in [0.2, 0.25) is 0 Å². The van der Waals surface area contributed by atoms with E-state index in [9.17, 15) is 4.79 Å². The van der Waals surface area contributed by atoms with E-state index in [4.69, 9.17) is 10.5 Å². The third kappa shape index (κ3) is 8.79. The Morgan fingerprint density at radius 2 is 1.74 bits per heavy atom. The average molecular weight is 420 g/mol. The van der Waals surface area contributed by atoms with Gasteiger partial charge in [0.25, 0.3) is 5.91 Å². The van der Waals surface area contributed by atoms with Gasteiger partial charge in [-0.2, -0.15) is 0 Å². The fourth-order valence-electron chi connectivity index (χ4n) is 3.49. The van der Waals surface area contributed by atoms with Crippen molar-refractivity contribution in [3.05, 3.63) is 35.4 Å². The molecule has 1 amide bonds. The number of hydrogen-bond acceptors (Lipinski definition) is 4. The lowest BCUT2D eigenvalue weighted by atomic mass is 10.0. The highest BCUT2D eigenvalue weighted by atomic mass is 35.5. The summed E-state index contributed by atoms with van der Waals surface area (Å²) in [7, 11) is 0. The third-order valence-corrected chi connectivity index (χ3v) is 4.49. The summed E-state index contributed by atoms with van der Waals surface area (Å²) in [6.45, 7) is 11.7. The molecule has 3 N–H and O–H groups in total. The Morgan fingerprint density at radius 1 is 1.19 bits per heavy atom. The second-order valence-electron chi connectivity index (χ2n) is 7.68. The van der Waals surface area contributed by atoms with Crippen LogP contribution in [-0.2, 0) is 11.3 Å². The van der Waals surface area contributed by atoms with Gasteiger partial charge < -0.3 is 15.8 Å². The second kappa shape index (κ2) is 12.6. The van der Waals surface area contributed by atoms with Crippen LogP contribution < -0.4 is 11.1 Å². The lowest BCUT2D eigenvalue weighted by molar-refractivity contribution is -0.0704. The number of amides is 1. The number of morpholine rings is 1. The van der Waals surface area contributed by atoms with E-state index in [1.165, 1.54) is 5.56 Å². The van der Waals surface area contributed by atoms with Gasteiger partial charge in [-0.1, -0.05) is 26.0 Å². The maximum absolute atomic E-state index is 12.4. The summed E-state index contributed by atoms with van der Waals surface area (Å²) in [5.74, 6) is 0.464. The van der Waals surface area contributed by atoms with Crippen LogP contribution in [0.5, 0.6) is 0 Å². The predicted molar refractivity (Wildman–Crippen MR) is 116 cm³/mol. The molecule has 1 saturated heterocycles. The van der Waals surface area contributed by atoms with Gasteiger partial charge in [-0.15, -0.1) is 24.8 Å². The molecular weight excluding hydrogens is 385 g/mol. The average Bonchev–Trinajstić information content (AvgIpc) is 2.53. The molecule has 0 aromatic heterocycles. The molecule has 0 bridgehead atoms. The molecule has 5 nitrogen and oxygen atoms in total. The van der Waals surface area contributed by atoms with Crippen molar-refractivity contribution in [2.45, 2.75) is 58.9 Å². The third-order valence-electron chi connectivity index (χ3n) is 4.49. The van der Waals surface area contributed by atoms with Crippen LogP contribution in [0.1, 0.15) is 50.0 Å². The van der Waals surface area contributed by atoms with Gasteiger partial charge in [-0.05, 0) is 43.9 Å². The number of hydrogen-bond donors (Lipinski definition) is 2. The number of halogens is 2. The van der Waals surface area contributed by atoms with Crippen LogP contribution in [0.4, 0.5) is 0 Å². The Hall–Kier alpha value is -0.850. The summed E-state index contributed by atoms with van der Waals surface area (Å²) in [5.41, 5.74) is 7.68. The minimum atomic E-state index is -0.0451. The van der Waals surface area contributed by atoms with E-state index >= 15 is 0 Å². The van der Waals surface area contributed by atoms with Crippen LogP contribution >= 0.6 is 24.8 Å². The van der Waals surface area contributed by atoms with Crippen LogP contribution in [0.2, 0.25) is 0 Å². The molecule has 0 aliphatic carbocycles. The highest BCUT2D eigenvalue weighted by Gasteiger charge is 2.22. The summed E-state index contributed by atoms with van der Waals surface area (Å²) in [4.78, 5) is 14.8. The van der Waals surface area contributed by atoms with Gasteiger partial charge in [0, 0.05) is 37.8 Å². The van der Waals surface area contributed by atoms with Crippen molar-refractivity contribution in [3.8, 4) is 0 Å². The Kier molecular flexibility index (Phi) is 12.2. The maximum Gasteiger partial charge on any atom is 0.251 e. The number of benzene rings is 1. The van der Waals surface area contributed by atoms with E-state index < -0.39 is 0 Å². The number of rotatable bonds is 7.